The van der Waals surface area contributed by atoms with Gasteiger partial charge in [-0.05, 0) is 37.8 Å². The Balaban J connectivity index is 1.34. The zero-order valence-corrected chi connectivity index (χ0v) is 17.1. The number of rotatable bonds is 3. The second kappa shape index (κ2) is 8.02. The minimum absolute atomic E-state index is 0.218. The third kappa shape index (κ3) is 3.90. The van der Waals surface area contributed by atoms with Gasteiger partial charge >= 0.3 is 0 Å². The molecule has 0 aliphatic carbocycles. The molecular weight excluding hydrogens is 364 g/mol. The second-order valence-electron chi connectivity index (χ2n) is 8.78. The zero-order chi connectivity index (χ0) is 19.8. The molecule has 0 amide bonds. The normalized spacial score (nSPS) is 32.8. The van der Waals surface area contributed by atoms with Crippen LogP contribution in [0.3, 0.4) is 0 Å². The number of nitrogens with one attached hydrogen (secondary N) is 3. The van der Waals surface area contributed by atoms with Crippen LogP contribution in [0.5, 0.6) is 0 Å². The highest BCUT2D eigenvalue weighted by atomic mass is 15.4. The highest BCUT2D eigenvalue weighted by Gasteiger charge is 2.42. The number of aryl methyl sites for hydroxylation is 1. The van der Waals surface area contributed by atoms with E-state index in [0.29, 0.717) is 24.0 Å². The van der Waals surface area contributed by atoms with Crippen molar-refractivity contribution in [3.8, 4) is 0 Å². The van der Waals surface area contributed by atoms with Crippen molar-refractivity contribution < 1.29 is 0 Å². The first kappa shape index (κ1) is 19.0. The van der Waals surface area contributed by atoms with Gasteiger partial charge in [0.05, 0.1) is 17.9 Å². The van der Waals surface area contributed by atoms with Gasteiger partial charge in [0.15, 0.2) is 0 Å². The second-order valence-corrected chi connectivity index (χ2v) is 8.78. The molecular formula is C21H32N8. The summed E-state index contributed by atoms with van der Waals surface area (Å²) in [5.41, 5.74) is 15.6. The number of pyridine rings is 1. The van der Waals surface area contributed by atoms with Gasteiger partial charge in [-0.1, -0.05) is 6.07 Å². The Morgan fingerprint density at radius 2 is 2.10 bits per heavy atom. The summed E-state index contributed by atoms with van der Waals surface area (Å²) in [6, 6.07) is 7.74. The summed E-state index contributed by atoms with van der Waals surface area (Å²) < 4.78 is 1.88. The predicted octanol–water partition coefficient (Wildman–Crippen LogP) is 1.00. The van der Waals surface area contributed by atoms with E-state index < -0.39 is 0 Å². The highest BCUT2D eigenvalue weighted by Crippen LogP contribution is 2.38. The average Bonchev–Trinajstić information content (AvgIpc) is 3.30. The standard InChI is InChI=1S/C21H32N8/c1-28-13-14(11-24-28)18-10-16-19(12-23-18)26-27-21(16)17-5-2-6-20(25-17)29-8-3-4-15(22)7-9-29/h2,5-6,11,13,15-16,18-19,21,23,26-27H,3-4,7-10,12,22H2,1H3/t15-,16?,18?,19?,21?/m0/s1. The number of nitrogens with two attached hydrogens (primary N) is 1. The molecule has 156 valence electrons. The number of anilines is 1. The number of piperidine rings is 1. The lowest BCUT2D eigenvalue weighted by Crippen LogP contribution is -2.46. The van der Waals surface area contributed by atoms with Gasteiger partial charge < -0.3 is 16.0 Å². The lowest BCUT2D eigenvalue weighted by Gasteiger charge is -2.34. The van der Waals surface area contributed by atoms with Crippen LogP contribution in [0.1, 0.15) is 49.0 Å². The summed E-state index contributed by atoms with van der Waals surface area (Å²) >= 11 is 0. The first-order chi connectivity index (χ1) is 14.2. The molecule has 8 heteroatoms. The molecule has 5 N–H and O–H groups in total. The van der Waals surface area contributed by atoms with Crippen LogP contribution in [0.4, 0.5) is 5.82 Å². The number of hydrogen-bond acceptors (Lipinski definition) is 7. The Bertz CT molecular complexity index is 836. The molecule has 5 atom stereocenters. The van der Waals surface area contributed by atoms with Crippen molar-refractivity contribution in [3.05, 3.63) is 41.9 Å². The number of aromatic nitrogens is 3. The molecule has 0 bridgehead atoms. The molecule has 29 heavy (non-hydrogen) atoms. The summed E-state index contributed by atoms with van der Waals surface area (Å²) in [6.45, 7) is 2.98. The van der Waals surface area contributed by atoms with Crippen LogP contribution in [0.2, 0.25) is 0 Å². The van der Waals surface area contributed by atoms with Crippen molar-refractivity contribution in [1.29, 1.82) is 0 Å². The van der Waals surface area contributed by atoms with Gasteiger partial charge in [-0.25, -0.2) is 10.4 Å². The van der Waals surface area contributed by atoms with E-state index in [-0.39, 0.29) is 6.04 Å². The van der Waals surface area contributed by atoms with Crippen molar-refractivity contribution in [1.82, 2.24) is 30.9 Å². The Morgan fingerprint density at radius 3 is 2.97 bits per heavy atom. The van der Waals surface area contributed by atoms with Gasteiger partial charge in [0.2, 0.25) is 0 Å². The summed E-state index contributed by atoms with van der Waals surface area (Å²) in [7, 11) is 1.97. The van der Waals surface area contributed by atoms with E-state index in [1.165, 1.54) is 5.56 Å². The molecule has 0 radical (unpaired) electrons. The van der Waals surface area contributed by atoms with E-state index in [1.54, 1.807) is 0 Å². The molecule has 0 saturated carbocycles. The number of hydrogen-bond donors (Lipinski definition) is 4. The Labute approximate surface area is 172 Å². The van der Waals surface area contributed by atoms with E-state index >= 15 is 0 Å². The summed E-state index contributed by atoms with van der Waals surface area (Å²) in [6.07, 6.45) is 8.44. The molecule has 3 fully saturated rings. The maximum Gasteiger partial charge on any atom is 0.128 e. The first-order valence-electron chi connectivity index (χ1n) is 10.9. The van der Waals surface area contributed by atoms with Crippen LogP contribution in [-0.4, -0.2) is 46.5 Å². The fourth-order valence-electron chi connectivity index (χ4n) is 5.08. The van der Waals surface area contributed by atoms with Gasteiger partial charge in [0, 0.05) is 62.5 Å². The third-order valence-electron chi connectivity index (χ3n) is 6.76. The van der Waals surface area contributed by atoms with Crippen molar-refractivity contribution in [2.24, 2.45) is 18.7 Å². The Hall–Kier alpha value is -2.00. The lowest BCUT2D eigenvalue weighted by molar-refractivity contribution is 0.265. The van der Waals surface area contributed by atoms with Crippen LogP contribution in [0, 0.1) is 5.92 Å². The van der Waals surface area contributed by atoms with Gasteiger partial charge in [0.25, 0.3) is 0 Å². The van der Waals surface area contributed by atoms with E-state index in [1.807, 2.05) is 17.9 Å². The zero-order valence-electron chi connectivity index (χ0n) is 17.1. The van der Waals surface area contributed by atoms with Crippen molar-refractivity contribution in [3.63, 3.8) is 0 Å². The van der Waals surface area contributed by atoms with Gasteiger partial charge in [-0.3, -0.25) is 10.1 Å². The number of nitrogens with zero attached hydrogens (tertiary/aromatic N) is 4. The maximum absolute atomic E-state index is 6.16. The summed E-state index contributed by atoms with van der Waals surface area (Å²) in [5, 5.41) is 8.02. The summed E-state index contributed by atoms with van der Waals surface area (Å²) in [5.74, 6) is 1.57. The largest absolute Gasteiger partial charge is 0.357 e. The molecule has 0 aromatic carbocycles. The molecule has 2 aromatic rings. The van der Waals surface area contributed by atoms with E-state index in [9.17, 15) is 0 Å². The highest BCUT2D eigenvalue weighted by molar-refractivity contribution is 5.40. The molecule has 4 unspecified atom stereocenters. The molecule has 0 spiro atoms. The van der Waals surface area contributed by atoms with E-state index in [2.05, 4.69) is 50.6 Å². The monoisotopic (exact) mass is 396 g/mol. The van der Waals surface area contributed by atoms with Gasteiger partial charge in [0.1, 0.15) is 5.82 Å². The molecule has 3 aliphatic heterocycles. The molecule has 5 heterocycles. The SMILES string of the molecule is Cn1cc(C2CC3C(CN2)NNC3c2cccc(N3CCC[C@H](N)CC3)n2)cn1. The van der Waals surface area contributed by atoms with E-state index in [4.69, 9.17) is 10.7 Å². The minimum Gasteiger partial charge on any atom is -0.357 e. The van der Waals surface area contributed by atoms with Gasteiger partial charge in [-0.2, -0.15) is 5.10 Å². The van der Waals surface area contributed by atoms with Crippen LogP contribution in [0.15, 0.2) is 30.6 Å². The molecule has 2 aromatic heterocycles. The van der Waals surface area contributed by atoms with Crippen molar-refractivity contribution in [2.45, 2.75) is 49.9 Å². The van der Waals surface area contributed by atoms with Crippen molar-refractivity contribution in [2.75, 3.05) is 24.5 Å². The number of fused-ring (bicyclic) bond motifs is 1. The fraction of sp³-hybridized carbons (Fsp3) is 0.619. The van der Waals surface area contributed by atoms with Gasteiger partial charge in [-0.15, -0.1) is 0 Å². The average molecular weight is 397 g/mol. The van der Waals surface area contributed by atoms with E-state index in [0.717, 1.165) is 56.8 Å². The van der Waals surface area contributed by atoms with Crippen LogP contribution in [0.25, 0.3) is 0 Å². The molecule has 3 aliphatic rings. The Morgan fingerprint density at radius 1 is 1.17 bits per heavy atom. The number of hydrazine groups is 1. The van der Waals surface area contributed by atoms with Crippen molar-refractivity contribution >= 4 is 5.82 Å². The predicted molar refractivity (Wildman–Crippen MR) is 113 cm³/mol. The molecule has 5 rings (SSSR count). The maximum atomic E-state index is 6.16. The van der Waals surface area contributed by atoms with Crippen LogP contribution >= 0.6 is 0 Å². The minimum atomic E-state index is 0.218. The molecule has 3 saturated heterocycles. The summed E-state index contributed by atoms with van der Waals surface area (Å²) in [4.78, 5) is 7.48. The lowest BCUT2D eigenvalue weighted by atomic mass is 9.82. The third-order valence-corrected chi connectivity index (χ3v) is 6.76. The smallest absolute Gasteiger partial charge is 0.128 e. The van der Waals surface area contributed by atoms with Crippen LogP contribution in [-0.2, 0) is 7.05 Å². The van der Waals surface area contributed by atoms with Crippen LogP contribution < -0.4 is 26.8 Å². The first-order valence-corrected chi connectivity index (χ1v) is 10.9. The molecule has 8 nitrogen and oxygen atoms in total. The fourth-order valence-corrected chi connectivity index (χ4v) is 5.08. The Kier molecular flexibility index (Phi) is 5.26. The topological polar surface area (TPSA) is 96.1 Å². The quantitative estimate of drug-likeness (QED) is 0.615.